The predicted molar refractivity (Wildman–Crippen MR) is 149 cm³/mol. The molecule has 12 N–H and O–H groups in total. The molecule has 5 unspecified atom stereocenters. The Morgan fingerprint density at radius 1 is 0.878 bits per heavy atom. The Labute approximate surface area is 237 Å². The number of guanidine groups is 1. The van der Waals surface area contributed by atoms with Gasteiger partial charge in [0.2, 0.25) is 17.7 Å². The lowest BCUT2D eigenvalue weighted by molar-refractivity contribution is -0.142. The van der Waals surface area contributed by atoms with Crippen LogP contribution in [0.25, 0.3) is 0 Å². The number of nitrogens with zero attached hydrogens (tertiary/aromatic N) is 1. The molecule has 1 aromatic rings. The van der Waals surface area contributed by atoms with E-state index in [4.69, 9.17) is 22.3 Å². The van der Waals surface area contributed by atoms with E-state index in [2.05, 4.69) is 20.9 Å². The van der Waals surface area contributed by atoms with E-state index in [-0.39, 0.29) is 49.9 Å². The summed E-state index contributed by atoms with van der Waals surface area (Å²) in [6, 6.07) is 0.849. The number of carbonyl (C=O) groups excluding carboxylic acids is 3. The first-order chi connectivity index (χ1) is 19.2. The van der Waals surface area contributed by atoms with E-state index >= 15 is 0 Å². The maximum atomic E-state index is 13.3. The van der Waals surface area contributed by atoms with Gasteiger partial charge in [-0.1, -0.05) is 32.4 Å². The molecule has 15 nitrogen and oxygen atoms in total. The van der Waals surface area contributed by atoms with E-state index in [9.17, 15) is 34.2 Å². The molecule has 228 valence electrons. The van der Waals surface area contributed by atoms with E-state index in [0.29, 0.717) is 12.0 Å². The summed E-state index contributed by atoms with van der Waals surface area (Å²) in [5.74, 6) is -5.26. The lowest BCUT2D eigenvalue weighted by atomic mass is 9.98. The summed E-state index contributed by atoms with van der Waals surface area (Å²) in [7, 11) is 0. The number of rotatable bonds is 18. The number of nitrogens with one attached hydrogen (secondary N) is 3. The SMILES string of the molecule is CCC(C)C(N)C(=O)NC(CCC(=O)O)C(=O)NC(Cc1ccc(O)cc1)C(=O)NC(CCCN=C(N)N)C(=O)O. The van der Waals surface area contributed by atoms with Crippen molar-refractivity contribution in [1.29, 1.82) is 0 Å². The molecule has 0 fully saturated rings. The Bertz CT molecular complexity index is 1080. The van der Waals surface area contributed by atoms with Crippen LogP contribution in [0, 0.1) is 5.92 Å². The van der Waals surface area contributed by atoms with Gasteiger partial charge in [0.15, 0.2) is 5.96 Å². The third kappa shape index (κ3) is 13.0. The van der Waals surface area contributed by atoms with Crippen LogP contribution in [0.3, 0.4) is 0 Å². The van der Waals surface area contributed by atoms with Crippen molar-refractivity contribution in [2.24, 2.45) is 28.1 Å². The summed E-state index contributed by atoms with van der Waals surface area (Å²) >= 11 is 0. The lowest BCUT2D eigenvalue weighted by Gasteiger charge is -2.26. The molecule has 0 aromatic heterocycles. The van der Waals surface area contributed by atoms with Crippen molar-refractivity contribution >= 4 is 35.6 Å². The zero-order chi connectivity index (χ0) is 31.1. The van der Waals surface area contributed by atoms with Crippen LogP contribution in [0.2, 0.25) is 0 Å². The van der Waals surface area contributed by atoms with Gasteiger partial charge in [0.1, 0.15) is 23.9 Å². The summed E-state index contributed by atoms with van der Waals surface area (Å²) < 4.78 is 0. The number of aromatic hydroxyl groups is 1. The highest BCUT2D eigenvalue weighted by Crippen LogP contribution is 2.13. The van der Waals surface area contributed by atoms with Gasteiger partial charge in [-0.25, -0.2) is 4.79 Å². The highest BCUT2D eigenvalue weighted by molar-refractivity contribution is 5.94. The fourth-order valence-corrected chi connectivity index (χ4v) is 3.70. The Morgan fingerprint density at radius 2 is 1.44 bits per heavy atom. The second-order valence-electron chi connectivity index (χ2n) is 9.68. The van der Waals surface area contributed by atoms with E-state index in [0.717, 1.165) is 0 Å². The van der Waals surface area contributed by atoms with Crippen molar-refractivity contribution in [3.05, 3.63) is 29.8 Å². The van der Waals surface area contributed by atoms with Crippen LogP contribution in [0.1, 0.15) is 51.5 Å². The number of phenolic OH excluding ortho intramolecular Hbond substituents is 1. The molecule has 0 saturated carbocycles. The number of aliphatic imine (C=N–C) groups is 1. The summed E-state index contributed by atoms with van der Waals surface area (Å²) in [6.07, 6.45) is -0.0262. The molecule has 0 aliphatic rings. The minimum absolute atomic E-state index is 0.0114. The largest absolute Gasteiger partial charge is 0.508 e. The third-order valence-electron chi connectivity index (χ3n) is 6.41. The van der Waals surface area contributed by atoms with Crippen LogP contribution < -0.4 is 33.2 Å². The molecule has 0 heterocycles. The van der Waals surface area contributed by atoms with E-state index in [1.54, 1.807) is 6.92 Å². The van der Waals surface area contributed by atoms with Crippen molar-refractivity contribution in [3.8, 4) is 5.75 Å². The van der Waals surface area contributed by atoms with Gasteiger partial charge >= 0.3 is 11.9 Å². The molecule has 0 aliphatic heterocycles. The van der Waals surface area contributed by atoms with Crippen LogP contribution in [-0.4, -0.2) is 81.7 Å². The molecule has 3 amide bonds. The van der Waals surface area contributed by atoms with Crippen molar-refractivity contribution < 1.29 is 39.3 Å². The zero-order valence-corrected chi connectivity index (χ0v) is 23.2. The second kappa shape index (κ2) is 17.3. The molecule has 0 saturated heterocycles. The van der Waals surface area contributed by atoms with Gasteiger partial charge in [-0.2, -0.15) is 0 Å². The van der Waals surface area contributed by atoms with Crippen molar-refractivity contribution in [3.63, 3.8) is 0 Å². The normalized spacial score (nSPS) is 14.4. The fraction of sp³-hybridized carbons (Fsp3) is 0.538. The lowest BCUT2D eigenvalue weighted by Crippen LogP contribution is -2.58. The standard InChI is InChI=1S/C26H41N7O8/c1-3-14(2)21(27)24(39)31-17(10-11-20(35)36)22(37)33-19(13-15-6-8-16(34)9-7-15)23(38)32-18(25(40)41)5-4-12-30-26(28)29/h6-9,14,17-19,21,34H,3-5,10-13,27H2,1-2H3,(H,31,39)(H,32,38)(H,33,37)(H,35,36)(H,40,41)(H4,28,29,30). The first-order valence-corrected chi connectivity index (χ1v) is 13.2. The number of carboxylic acids is 2. The molecule has 1 aromatic carbocycles. The van der Waals surface area contributed by atoms with E-state index < -0.39 is 60.2 Å². The maximum Gasteiger partial charge on any atom is 0.326 e. The topological polar surface area (TPSA) is 273 Å². The smallest absolute Gasteiger partial charge is 0.326 e. The second-order valence-corrected chi connectivity index (χ2v) is 9.68. The van der Waals surface area contributed by atoms with Gasteiger partial charge in [-0.3, -0.25) is 24.2 Å². The fourth-order valence-electron chi connectivity index (χ4n) is 3.70. The predicted octanol–water partition coefficient (Wildman–Crippen LogP) is -1.23. The number of carbonyl (C=O) groups is 5. The minimum Gasteiger partial charge on any atom is -0.508 e. The molecule has 1 rings (SSSR count). The average molecular weight is 580 g/mol. The Kier molecular flexibility index (Phi) is 14.6. The van der Waals surface area contributed by atoms with E-state index in [1.165, 1.54) is 24.3 Å². The highest BCUT2D eigenvalue weighted by Gasteiger charge is 2.31. The van der Waals surface area contributed by atoms with Crippen molar-refractivity contribution in [1.82, 2.24) is 16.0 Å². The van der Waals surface area contributed by atoms with Gasteiger partial charge in [0, 0.05) is 19.4 Å². The van der Waals surface area contributed by atoms with E-state index in [1.807, 2.05) is 6.92 Å². The first kappa shape index (κ1) is 34.6. The molecule has 15 heteroatoms. The molecular weight excluding hydrogens is 538 g/mol. The van der Waals surface area contributed by atoms with Crippen LogP contribution in [-0.2, 0) is 30.4 Å². The first-order valence-electron chi connectivity index (χ1n) is 13.2. The van der Waals surface area contributed by atoms with Gasteiger partial charge in [-0.15, -0.1) is 0 Å². The van der Waals surface area contributed by atoms with Crippen LogP contribution in [0.4, 0.5) is 0 Å². The van der Waals surface area contributed by atoms with Crippen molar-refractivity contribution in [2.75, 3.05) is 6.54 Å². The monoisotopic (exact) mass is 579 g/mol. The molecular formula is C26H41N7O8. The molecule has 5 atom stereocenters. The van der Waals surface area contributed by atoms with Crippen LogP contribution >= 0.6 is 0 Å². The summed E-state index contributed by atoms with van der Waals surface area (Å²) in [6.45, 7) is 3.73. The third-order valence-corrected chi connectivity index (χ3v) is 6.41. The quantitative estimate of drug-likeness (QED) is 0.0564. The van der Waals surface area contributed by atoms with Crippen LogP contribution in [0.15, 0.2) is 29.3 Å². The molecule has 0 aliphatic carbocycles. The number of hydrogen-bond acceptors (Lipinski definition) is 8. The van der Waals surface area contributed by atoms with Gasteiger partial charge in [-0.05, 0) is 42.9 Å². The number of aliphatic carboxylic acids is 2. The van der Waals surface area contributed by atoms with Crippen LogP contribution in [0.5, 0.6) is 5.75 Å². The number of carboxylic acid groups (broad SMARTS) is 2. The van der Waals surface area contributed by atoms with Gasteiger partial charge < -0.3 is 48.5 Å². The minimum atomic E-state index is -1.33. The number of hydrogen-bond donors (Lipinski definition) is 9. The van der Waals surface area contributed by atoms with Gasteiger partial charge in [0.25, 0.3) is 0 Å². The summed E-state index contributed by atoms with van der Waals surface area (Å²) in [5.41, 5.74) is 17.0. The molecule has 0 radical (unpaired) electrons. The molecule has 0 spiro atoms. The maximum absolute atomic E-state index is 13.3. The summed E-state index contributed by atoms with van der Waals surface area (Å²) in [5, 5.41) is 35.7. The highest BCUT2D eigenvalue weighted by atomic mass is 16.4. The number of nitrogens with two attached hydrogens (primary N) is 3. The number of amides is 3. The summed E-state index contributed by atoms with van der Waals surface area (Å²) in [4.78, 5) is 66.0. The molecule has 41 heavy (non-hydrogen) atoms. The zero-order valence-electron chi connectivity index (χ0n) is 23.2. The Balaban J connectivity index is 3.18. The van der Waals surface area contributed by atoms with Gasteiger partial charge in [0.05, 0.1) is 6.04 Å². The van der Waals surface area contributed by atoms with Crippen molar-refractivity contribution in [2.45, 2.75) is 76.5 Å². The Morgan fingerprint density at radius 3 is 1.98 bits per heavy atom. The number of benzene rings is 1. The molecule has 0 bridgehead atoms. The number of phenols is 1. The average Bonchev–Trinajstić information content (AvgIpc) is 2.91. The Hall–Kier alpha value is -4.40.